The minimum atomic E-state index is -0.501. The third kappa shape index (κ3) is 5.45. The summed E-state index contributed by atoms with van der Waals surface area (Å²) in [5, 5.41) is 13.6. The molecule has 1 saturated heterocycles. The van der Waals surface area contributed by atoms with Gasteiger partial charge < -0.3 is 14.8 Å². The monoisotopic (exact) mass is 513 g/mol. The van der Waals surface area contributed by atoms with E-state index in [0.29, 0.717) is 34.9 Å². The van der Waals surface area contributed by atoms with Gasteiger partial charge in [-0.25, -0.2) is 0 Å². The van der Waals surface area contributed by atoms with Crippen LogP contribution in [-0.2, 0) is 9.53 Å². The van der Waals surface area contributed by atoms with Gasteiger partial charge in [-0.3, -0.25) is 29.4 Å². The van der Waals surface area contributed by atoms with Crippen molar-refractivity contribution in [2.45, 2.75) is 18.9 Å². The van der Waals surface area contributed by atoms with Crippen LogP contribution in [-0.4, -0.2) is 46.8 Å². The van der Waals surface area contributed by atoms with Gasteiger partial charge in [0.15, 0.2) is 0 Å². The Labute approximate surface area is 217 Å². The van der Waals surface area contributed by atoms with Gasteiger partial charge in [0.05, 0.1) is 28.7 Å². The number of fused-ring (bicyclic) bond motifs is 1. The molecule has 1 fully saturated rings. The van der Waals surface area contributed by atoms with Crippen molar-refractivity contribution in [3.63, 3.8) is 0 Å². The van der Waals surface area contributed by atoms with Gasteiger partial charge in [-0.1, -0.05) is 18.2 Å². The van der Waals surface area contributed by atoms with Gasteiger partial charge in [0.25, 0.3) is 17.5 Å². The van der Waals surface area contributed by atoms with Crippen LogP contribution < -0.4 is 10.1 Å². The number of imide groups is 1. The summed E-state index contributed by atoms with van der Waals surface area (Å²) < 4.78 is 11.5. The number of non-ortho nitro benzene ring substituents is 1. The summed E-state index contributed by atoms with van der Waals surface area (Å²) in [7, 11) is 0. The summed E-state index contributed by atoms with van der Waals surface area (Å²) >= 11 is 0. The zero-order valence-corrected chi connectivity index (χ0v) is 20.2. The molecular weight excluding hydrogens is 490 g/mol. The zero-order valence-electron chi connectivity index (χ0n) is 20.2. The van der Waals surface area contributed by atoms with E-state index in [1.807, 2.05) is 0 Å². The van der Waals surface area contributed by atoms with Crippen LogP contribution in [0.2, 0.25) is 0 Å². The van der Waals surface area contributed by atoms with E-state index in [1.165, 1.54) is 35.3 Å². The first-order valence-electron chi connectivity index (χ1n) is 12.0. The first-order chi connectivity index (χ1) is 18.4. The molecule has 3 amide bonds. The van der Waals surface area contributed by atoms with E-state index in [4.69, 9.17) is 9.47 Å². The molecule has 5 rings (SSSR count). The number of benzene rings is 3. The van der Waals surface area contributed by atoms with Crippen LogP contribution in [0.15, 0.2) is 72.8 Å². The molecule has 0 bridgehead atoms. The summed E-state index contributed by atoms with van der Waals surface area (Å²) in [5.41, 5.74) is 1.53. The lowest BCUT2D eigenvalue weighted by Crippen LogP contribution is -2.36. The number of carbonyl (C=O) groups excluding carboxylic acids is 3. The SMILES string of the molecule is O=C(/C=C/c1cccc([N+](=O)[O-])c1)Nc1cccc(Oc2ccc3c(c2)C(=O)N(CC2CCCO2)C3=O)c1. The fraction of sp³-hybridized carbons (Fsp3) is 0.179. The van der Waals surface area contributed by atoms with Crippen molar-refractivity contribution in [2.24, 2.45) is 0 Å². The third-order valence-electron chi connectivity index (χ3n) is 6.20. The second-order valence-electron chi connectivity index (χ2n) is 8.87. The summed E-state index contributed by atoms with van der Waals surface area (Å²) in [4.78, 5) is 49.6. The van der Waals surface area contributed by atoms with Crippen molar-refractivity contribution < 1.29 is 28.8 Å². The summed E-state index contributed by atoms with van der Waals surface area (Å²) in [6.45, 7) is 0.874. The molecule has 2 aliphatic rings. The normalized spacial score (nSPS) is 16.6. The summed E-state index contributed by atoms with van der Waals surface area (Å²) in [6, 6.07) is 17.4. The van der Waals surface area contributed by atoms with Crippen LogP contribution in [0.4, 0.5) is 11.4 Å². The van der Waals surface area contributed by atoms with E-state index in [-0.39, 0.29) is 35.7 Å². The van der Waals surface area contributed by atoms with Gasteiger partial charge in [0, 0.05) is 36.6 Å². The lowest BCUT2D eigenvalue weighted by molar-refractivity contribution is -0.384. The van der Waals surface area contributed by atoms with Crippen LogP contribution in [0.5, 0.6) is 11.5 Å². The lowest BCUT2D eigenvalue weighted by Gasteiger charge is -2.17. The molecule has 0 spiro atoms. The number of hydrogen-bond acceptors (Lipinski definition) is 7. The minimum Gasteiger partial charge on any atom is -0.457 e. The maximum Gasteiger partial charge on any atom is 0.270 e. The molecule has 0 aromatic heterocycles. The Bertz CT molecular complexity index is 1460. The predicted octanol–water partition coefficient (Wildman–Crippen LogP) is 4.81. The maximum absolute atomic E-state index is 12.9. The average Bonchev–Trinajstić information content (AvgIpc) is 3.51. The van der Waals surface area contributed by atoms with Gasteiger partial charge in [0.1, 0.15) is 11.5 Å². The van der Waals surface area contributed by atoms with Crippen molar-refractivity contribution in [1.29, 1.82) is 0 Å². The predicted molar refractivity (Wildman–Crippen MR) is 138 cm³/mol. The van der Waals surface area contributed by atoms with Crippen molar-refractivity contribution in [1.82, 2.24) is 4.90 Å². The highest BCUT2D eigenvalue weighted by molar-refractivity contribution is 6.21. The number of nitro groups is 1. The fourth-order valence-electron chi connectivity index (χ4n) is 4.36. The number of rotatable bonds is 8. The Hall–Kier alpha value is -4.83. The Kier molecular flexibility index (Phi) is 6.96. The van der Waals surface area contributed by atoms with Crippen molar-refractivity contribution in [2.75, 3.05) is 18.5 Å². The molecule has 10 heteroatoms. The van der Waals surface area contributed by atoms with E-state index in [2.05, 4.69) is 5.32 Å². The topological polar surface area (TPSA) is 128 Å². The molecule has 10 nitrogen and oxygen atoms in total. The molecule has 3 aromatic rings. The summed E-state index contributed by atoms with van der Waals surface area (Å²) in [6.07, 6.45) is 4.36. The highest BCUT2D eigenvalue weighted by atomic mass is 16.6. The average molecular weight is 514 g/mol. The molecule has 0 radical (unpaired) electrons. The van der Waals surface area contributed by atoms with Crippen molar-refractivity contribution >= 4 is 35.2 Å². The first kappa shape index (κ1) is 24.8. The van der Waals surface area contributed by atoms with Gasteiger partial charge >= 0.3 is 0 Å². The Morgan fingerprint density at radius 1 is 1.05 bits per heavy atom. The van der Waals surface area contributed by atoms with Crippen LogP contribution in [0.1, 0.15) is 39.1 Å². The molecule has 1 unspecified atom stereocenters. The standard InChI is InChI=1S/C28H23N3O7/c32-26(12-9-18-4-1-6-20(14-18)31(35)36)29-19-5-2-7-21(15-19)38-22-10-11-24-25(16-22)28(34)30(27(24)33)17-23-8-3-13-37-23/h1-2,4-7,9-12,14-16,23H,3,8,13,17H2,(H,29,32)/b12-9+. The molecule has 2 heterocycles. The van der Waals surface area contributed by atoms with Gasteiger partial charge in [-0.05, 0) is 54.8 Å². The molecule has 0 saturated carbocycles. The molecule has 192 valence electrons. The molecule has 0 aliphatic carbocycles. The van der Waals surface area contributed by atoms with E-state index >= 15 is 0 Å². The molecule has 1 N–H and O–H groups in total. The largest absolute Gasteiger partial charge is 0.457 e. The second-order valence-corrected chi connectivity index (χ2v) is 8.87. The fourth-order valence-corrected chi connectivity index (χ4v) is 4.36. The highest BCUT2D eigenvalue weighted by Gasteiger charge is 2.37. The summed E-state index contributed by atoms with van der Waals surface area (Å²) in [5.74, 6) is -0.352. The van der Waals surface area contributed by atoms with Gasteiger partial charge in [-0.15, -0.1) is 0 Å². The smallest absolute Gasteiger partial charge is 0.270 e. The number of hydrogen-bond donors (Lipinski definition) is 1. The van der Waals surface area contributed by atoms with Crippen LogP contribution >= 0.6 is 0 Å². The van der Waals surface area contributed by atoms with Crippen LogP contribution in [0.25, 0.3) is 6.08 Å². The van der Waals surface area contributed by atoms with Gasteiger partial charge in [-0.2, -0.15) is 0 Å². The highest BCUT2D eigenvalue weighted by Crippen LogP contribution is 2.31. The molecule has 38 heavy (non-hydrogen) atoms. The molecule has 3 aromatic carbocycles. The van der Waals surface area contributed by atoms with Gasteiger partial charge in [0.2, 0.25) is 5.91 Å². The molecule has 2 aliphatic heterocycles. The van der Waals surface area contributed by atoms with E-state index in [1.54, 1.807) is 48.5 Å². The second kappa shape index (κ2) is 10.7. The number of anilines is 1. The van der Waals surface area contributed by atoms with Crippen LogP contribution in [0, 0.1) is 10.1 Å². The third-order valence-corrected chi connectivity index (χ3v) is 6.20. The van der Waals surface area contributed by atoms with E-state index in [9.17, 15) is 24.5 Å². The van der Waals surface area contributed by atoms with Crippen molar-refractivity contribution in [3.05, 3.63) is 99.6 Å². The Morgan fingerprint density at radius 2 is 1.84 bits per heavy atom. The first-order valence-corrected chi connectivity index (χ1v) is 12.0. The Balaban J connectivity index is 1.24. The number of nitro benzene ring substituents is 1. The van der Waals surface area contributed by atoms with Crippen LogP contribution in [0.3, 0.4) is 0 Å². The van der Waals surface area contributed by atoms with Crippen molar-refractivity contribution in [3.8, 4) is 11.5 Å². The quantitative estimate of drug-likeness (QED) is 0.198. The zero-order chi connectivity index (χ0) is 26.6. The minimum absolute atomic E-state index is 0.0643. The Morgan fingerprint density at radius 3 is 2.63 bits per heavy atom. The molecule has 1 atom stereocenters. The number of nitrogens with one attached hydrogen (secondary N) is 1. The van der Waals surface area contributed by atoms with E-state index < -0.39 is 10.8 Å². The maximum atomic E-state index is 12.9. The molecular formula is C28H23N3O7. The van der Waals surface area contributed by atoms with E-state index in [0.717, 1.165) is 12.8 Å². The number of ether oxygens (including phenoxy) is 2. The number of amides is 3. The number of nitrogens with zero attached hydrogens (tertiary/aromatic N) is 2. The lowest BCUT2D eigenvalue weighted by atomic mass is 10.1. The number of carbonyl (C=O) groups is 3.